The normalized spacial score (nSPS) is 15.2. The molecule has 0 aromatic heterocycles. The molecular weight excluding hydrogens is 1000 g/mol. The van der Waals surface area contributed by atoms with E-state index in [1.807, 2.05) is 0 Å². The smallest absolute Gasteiger partial charge is 0.104 e. The summed E-state index contributed by atoms with van der Waals surface area (Å²) < 4.78 is 136. The Balaban J connectivity index is 1.07. The van der Waals surface area contributed by atoms with Crippen LogP contribution < -0.4 is 0 Å². The van der Waals surface area contributed by atoms with Gasteiger partial charge in [0.15, 0.2) is 0 Å². The molecule has 2 saturated heterocycles. The van der Waals surface area contributed by atoms with Crippen LogP contribution in [-0.4, -0.2) is 329 Å². The van der Waals surface area contributed by atoms with Crippen LogP contribution in [-0.2, 0) is 118 Å². The molecule has 75 heavy (non-hydrogen) atoms. The molecule has 2 fully saturated rings. The summed E-state index contributed by atoms with van der Waals surface area (Å²) >= 11 is 0. The van der Waals surface area contributed by atoms with Crippen LogP contribution in [0.25, 0.3) is 0 Å². The number of hydrogen-bond acceptors (Lipinski definition) is 25. The zero-order valence-electron chi connectivity index (χ0n) is 45.3. The van der Waals surface area contributed by atoms with Crippen molar-refractivity contribution in [1.82, 2.24) is 0 Å². The van der Waals surface area contributed by atoms with Crippen molar-refractivity contribution in [2.24, 2.45) is 0 Å². The van der Waals surface area contributed by atoms with Crippen LogP contribution >= 0.6 is 0 Å². The maximum Gasteiger partial charge on any atom is 0.104 e. The highest BCUT2D eigenvalue weighted by molar-refractivity contribution is 4.67. The molecule has 2 rings (SSSR count). The van der Waals surface area contributed by atoms with Gasteiger partial charge in [0.1, 0.15) is 12.2 Å². The van der Waals surface area contributed by atoms with Crippen LogP contribution in [0.1, 0.15) is 0 Å². The van der Waals surface area contributed by atoms with Crippen molar-refractivity contribution in [3.63, 3.8) is 0 Å². The van der Waals surface area contributed by atoms with E-state index >= 15 is 0 Å². The van der Waals surface area contributed by atoms with Gasteiger partial charge in [-0.1, -0.05) is 0 Å². The Kier molecular flexibility index (Phi) is 58.1. The highest BCUT2D eigenvalue weighted by Gasteiger charge is 2.22. The SMILES string of the molecule is C(COCCOCCOCCOCCOCCOCCOCCOCCOCCOCCOCC1CO1)OCCOCCOCCOCCOCCOCCOCCOCCOCCOCCOCCOCC1CO1. The number of hydrogen-bond donors (Lipinski definition) is 0. The molecule has 448 valence electrons. The zero-order valence-corrected chi connectivity index (χ0v) is 45.3. The minimum Gasteiger partial charge on any atom is -0.377 e. The molecule has 25 heteroatoms. The molecule has 25 nitrogen and oxygen atoms in total. The van der Waals surface area contributed by atoms with Crippen molar-refractivity contribution < 1.29 is 118 Å². The maximum atomic E-state index is 5.52. The van der Waals surface area contributed by atoms with Gasteiger partial charge in [-0.05, 0) is 0 Å². The van der Waals surface area contributed by atoms with Gasteiger partial charge < -0.3 is 118 Å². The van der Waals surface area contributed by atoms with Crippen LogP contribution in [0.3, 0.4) is 0 Å². The summed E-state index contributed by atoms with van der Waals surface area (Å²) in [5.74, 6) is 0. The first-order valence-electron chi connectivity index (χ1n) is 27.0. The average Bonchev–Trinajstić information content (AvgIpc) is 4.38. The molecule has 0 aromatic carbocycles. The predicted octanol–water partition coefficient (Wildman–Crippen LogP) is 0.166. The van der Waals surface area contributed by atoms with E-state index in [0.717, 1.165) is 13.2 Å². The molecule has 0 bridgehead atoms. The predicted molar refractivity (Wildman–Crippen MR) is 268 cm³/mol. The van der Waals surface area contributed by atoms with Crippen molar-refractivity contribution in [2.45, 2.75) is 12.2 Å². The lowest BCUT2D eigenvalue weighted by Crippen LogP contribution is -2.16. The van der Waals surface area contributed by atoms with Gasteiger partial charge in [-0.2, -0.15) is 0 Å². The zero-order chi connectivity index (χ0) is 52.8. The summed E-state index contributed by atoms with van der Waals surface area (Å²) in [4.78, 5) is 0. The Bertz CT molecular complexity index is 979. The first-order valence-corrected chi connectivity index (χ1v) is 27.0. The quantitative estimate of drug-likeness (QED) is 0.0583. The average molecular weight is 1100 g/mol. The van der Waals surface area contributed by atoms with Gasteiger partial charge in [0, 0.05) is 0 Å². The van der Waals surface area contributed by atoms with Crippen LogP contribution in [0.4, 0.5) is 0 Å². The van der Waals surface area contributed by atoms with E-state index in [9.17, 15) is 0 Å². The lowest BCUT2D eigenvalue weighted by atomic mass is 10.5. The van der Waals surface area contributed by atoms with Gasteiger partial charge in [0.05, 0.1) is 317 Å². The monoisotopic (exact) mass is 1100 g/mol. The molecule has 0 radical (unpaired) electrons. The van der Waals surface area contributed by atoms with Crippen molar-refractivity contribution in [3.05, 3.63) is 0 Å². The van der Waals surface area contributed by atoms with Crippen molar-refractivity contribution in [2.75, 3.05) is 317 Å². The Morgan fingerprint density at radius 3 is 0.307 bits per heavy atom. The number of epoxide rings is 2. The minimum absolute atomic E-state index is 0.288. The Hall–Kier alpha value is -1.00. The van der Waals surface area contributed by atoms with Crippen molar-refractivity contribution >= 4 is 0 Å². The molecule has 0 N–H and O–H groups in total. The fraction of sp³-hybridized carbons (Fsp3) is 1.00. The molecule has 2 unspecified atom stereocenters. The van der Waals surface area contributed by atoms with Crippen LogP contribution in [0.5, 0.6) is 0 Å². The largest absolute Gasteiger partial charge is 0.377 e. The number of ether oxygens (including phenoxy) is 25. The molecule has 2 atom stereocenters. The van der Waals surface area contributed by atoms with E-state index in [2.05, 4.69) is 0 Å². The van der Waals surface area contributed by atoms with E-state index in [-0.39, 0.29) is 12.2 Å². The van der Waals surface area contributed by atoms with Crippen molar-refractivity contribution in [3.8, 4) is 0 Å². The summed E-state index contributed by atoms with van der Waals surface area (Å²) in [6, 6.07) is 0. The summed E-state index contributed by atoms with van der Waals surface area (Å²) in [6.07, 6.45) is 0.577. The maximum absolute atomic E-state index is 5.52. The van der Waals surface area contributed by atoms with E-state index in [4.69, 9.17) is 118 Å². The highest BCUT2D eigenvalue weighted by Crippen LogP contribution is 2.08. The third kappa shape index (κ3) is 62.1. The molecule has 2 aliphatic rings. The Labute approximate surface area is 446 Å². The first-order chi connectivity index (χ1) is 37.4. The van der Waals surface area contributed by atoms with Gasteiger partial charge in [-0.15, -0.1) is 0 Å². The standard InChI is InChI=1S/C50H98O25/c1(3-52-5-7-54-9-11-56-13-15-58-17-19-60-21-23-62-25-27-64-29-31-66-33-35-68-37-39-70-41-43-72-45-49-47-74-49)51-2-4-53-6-8-55-10-12-57-14-16-59-18-20-61-22-24-63-26-28-65-30-32-67-34-36-69-38-40-71-42-44-73-46-50-48-75-50/h49-50H,1-48H2. The highest BCUT2D eigenvalue weighted by atomic mass is 16.6. The summed E-state index contributed by atoms with van der Waals surface area (Å²) in [5, 5.41) is 0. The van der Waals surface area contributed by atoms with Gasteiger partial charge >= 0.3 is 0 Å². The molecule has 0 amide bonds. The van der Waals surface area contributed by atoms with Crippen LogP contribution in [0.2, 0.25) is 0 Å². The molecule has 0 aromatic rings. The van der Waals surface area contributed by atoms with Gasteiger partial charge in [-0.3, -0.25) is 0 Å². The summed E-state index contributed by atoms with van der Waals surface area (Å²) in [5.41, 5.74) is 0. The topological polar surface area (TPSA) is 237 Å². The third-order valence-corrected chi connectivity index (χ3v) is 9.60. The van der Waals surface area contributed by atoms with Crippen LogP contribution in [0.15, 0.2) is 0 Å². The molecule has 2 aliphatic heterocycles. The Morgan fingerprint density at radius 2 is 0.227 bits per heavy atom. The van der Waals surface area contributed by atoms with Gasteiger partial charge in [-0.25, -0.2) is 0 Å². The lowest BCUT2D eigenvalue weighted by Gasteiger charge is -2.09. The molecular formula is C50H98O25. The van der Waals surface area contributed by atoms with E-state index in [0.29, 0.717) is 304 Å². The second kappa shape index (κ2) is 62.2. The fourth-order valence-corrected chi connectivity index (χ4v) is 5.49. The minimum atomic E-state index is 0.288. The molecule has 0 spiro atoms. The second-order valence-electron chi connectivity index (χ2n) is 15.9. The summed E-state index contributed by atoms with van der Waals surface area (Å²) in [6.45, 7) is 25.2. The lowest BCUT2D eigenvalue weighted by molar-refractivity contribution is -0.0319. The third-order valence-electron chi connectivity index (χ3n) is 9.60. The van der Waals surface area contributed by atoms with Crippen LogP contribution in [0, 0.1) is 0 Å². The molecule has 2 heterocycles. The van der Waals surface area contributed by atoms with Gasteiger partial charge in [0.2, 0.25) is 0 Å². The molecule has 0 aliphatic carbocycles. The second-order valence-corrected chi connectivity index (χ2v) is 15.9. The first kappa shape index (κ1) is 70.1. The van der Waals surface area contributed by atoms with Gasteiger partial charge in [0.25, 0.3) is 0 Å². The fourth-order valence-electron chi connectivity index (χ4n) is 5.49. The van der Waals surface area contributed by atoms with Crippen molar-refractivity contribution in [1.29, 1.82) is 0 Å². The van der Waals surface area contributed by atoms with E-state index < -0.39 is 0 Å². The Morgan fingerprint density at radius 1 is 0.147 bits per heavy atom. The summed E-state index contributed by atoms with van der Waals surface area (Å²) in [7, 11) is 0. The van der Waals surface area contributed by atoms with E-state index in [1.165, 1.54) is 0 Å². The number of rotatable bonds is 70. The van der Waals surface area contributed by atoms with E-state index in [1.54, 1.807) is 0 Å². The molecule has 0 saturated carbocycles.